The van der Waals surface area contributed by atoms with E-state index in [9.17, 15) is 32.6 Å². The summed E-state index contributed by atoms with van der Waals surface area (Å²) >= 11 is 0. The van der Waals surface area contributed by atoms with Crippen molar-refractivity contribution < 1.29 is 32.6 Å². The van der Waals surface area contributed by atoms with Crippen LogP contribution in [-0.4, -0.2) is 40.5 Å². The molecule has 0 bridgehead atoms. The molecule has 0 radical (unpaired) electrons. The average molecular weight is 419 g/mol. The molecule has 0 atom stereocenters. The molecule has 152 valence electrons. The van der Waals surface area contributed by atoms with Crippen LogP contribution >= 0.6 is 0 Å². The maximum Gasteiger partial charge on any atom is 0.356 e. The number of aromatic hydroxyl groups is 1. The molecule has 0 aliphatic carbocycles. The molecule has 0 aliphatic rings. The molecule has 8 nitrogen and oxygen atoms in total. The normalized spacial score (nSPS) is 11.2. The fraction of sp³-hybridized carbons (Fsp3) is 0.0556. The molecule has 3 heterocycles. The number of nitrogens with zero attached hydrogens (tertiary/aromatic N) is 5. The van der Waals surface area contributed by atoms with E-state index < -0.39 is 35.1 Å². The second kappa shape index (κ2) is 7.06. The van der Waals surface area contributed by atoms with Gasteiger partial charge in [0.25, 0.3) is 5.88 Å². The number of hydrogen-bond donors (Lipinski definition) is 2. The standard InChI is InChI=1S/C18H9F4N5O3/c19-8-3-10(21)9(20)1-7(8)2-12-16-25-14(18(29)30)6-27(16)5-13(24-12)15-23-4-11(22)17(28)26-15/h1,3-6H,2H2,(H,29,30)(H,23,26,28). The Morgan fingerprint density at radius 2 is 1.70 bits per heavy atom. The van der Waals surface area contributed by atoms with Crippen molar-refractivity contribution in [3.05, 3.63) is 70.9 Å². The minimum absolute atomic E-state index is 0.00613. The van der Waals surface area contributed by atoms with Crippen molar-refractivity contribution >= 4 is 11.6 Å². The smallest absolute Gasteiger partial charge is 0.356 e. The summed E-state index contributed by atoms with van der Waals surface area (Å²) in [7, 11) is 0. The van der Waals surface area contributed by atoms with Gasteiger partial charge in [-0.3, -0.25) is 0 Å². The lowest BCUT2D eigenvalue weighted by atomic mass is 10.1. The molecule has 0 saturated heterocycles. The van der Waals surface area contributed by atoms with E-state index in [0.717, 1.165) is 6.20 Å². The van der Waals surface area contributed by atoms with E-state index in [1.54, 1.807) is 0 Å². The highest BCUT2D eigenvalue weighted by atomic mass is 19.2. The zero-order chi connectivity index (χ0) is 21.6. The third-order valence-electron chi connectivity index (χ3n) is 4.13. The first kappa shape index (κ1) is 19.2. The SMILES string of the molecule is O=C(O)c1cn2cc(-c3ncc(F)c(O)n3)nc(Cc3cc(F)c(F)cc3F)c2n1. The van der Waals surface area contributed by atoms with Crippen LogP contribution in [-0.2, 0) is 6.42 Å². The van der Waals surface area contributed by atoms with Crippen molar-refractivity contribution in [2.24, 2.45) is 0 Å². The second-order valence-electron chi connectivity index (χ2n) is 6.13. The lowest BCUT2D eigenvalue weighted by Gasteiger charge is -2.08. The number of aromatic nitrogens is 5. The van der Waals surface area contributed by atoms with Gasteiger partial charge in [0.15, 0.2) is 28.8 Å². The lowest BCUT2D eigenvalue weighted by Crippen LogP contribution is -2.04. The number of imidazole rings is 1. The van der Waals surface area contributed by atoms with E-state index in [0.29, 0.717) is 18.3 Å². The van der Waals surface area contributed by atoms with Crippen LogP contribution in [0.5, 0.6) is 5.88 Å². The first-order valence-electron chi connectivity index (χ1n) is 8.20. The number of carboxylic acid groups (broad SMARTS) is 1. The van der Waals surface area contributed by atoms with Gasteiger partial charge in [0.2, 0.25) is 5.82 Å². The molecule has 0 fully saturated rings. The van der Waals surface area contributed by atoms with Gasteiger partial charge in [-0.05, 0) is 11.6 Å². The van der Waals surface area contributed by atoms with Crippen LogP contribution < -0.4 is 0 Å². The van der Waals surface area contributed by atoms with Crippen LogP contribution in [0, 0.1) is 23.3 Å². The third kappa shape index (κ3) is 3.38. The minimum atomic E-state index is -1.37. The highest BCUT2D eigenvalue weighted by Gasteiger charge is 2.19. The van der Waals surface area contributed by atoms with Crippen molar-refractivity contribution in [3.63, 3.8) is 0 Å². The summed E-state index contributed by atoms with van der Waals surface area (Å²) in [5.74, 6) is -7.26. The Bertz CT molecular complexity index is 1330. The fourth-order valence-corrected chi connectivity index (χ4v) is 2.75. The Morgan fingerprint density at radius 1 is 0.967 bits per heavy atom. The first-order chi connectivity index (χ1) is 14.2. The van der Waals surface area contributed by atoms with E-state index in [-0.39, 0.29) is 40.5 Å². The van der Waals surface area contributed by atoms with E-state index in [1.807, 2.05) is 0 Å². The van der Waals surface area contributed by atoms with Crippen molar-refractivity contribution in [1.82, 2.24) is 24.3 Å². The Morgan fingerprint density at radius 3 is 2.40 bits per heavy atom. The number of carbonyl (C=O) groups is 1. The highest BCUT2D eigenvalue weighted by Crippen LogP contribution is 2.23. The van der Waals surface area contributed by atoms with Gasteiger partial charge in [0.1, 0.15) is 11.5 Å². The number of rotatable bonds is 4. The zero-order valence-electron chi connectivity index (χ0n) is 14.6. The highest BCUT2D eigenvalue weighted by molar-refractivity contribution is 5.86. The van der Waals surface area contributed by atoms with Gasteiger partial charge < -0.3 is 14.6 Å². The van der Waals surface area contributed by atoms with Gasteiger partial charge in [-0.25, -0.2) is 32.9 Å². The second-order valence-corrected chi connectivity index (χ2v) is 6.13. The van der Waals surface area contributed by atoms with E-state index in [1.165, 1.54) is 10.6 Å². The monoisotopic (exact) mass is 419 g/mol. The summed E-state index contributed by atoms with van der Waals surface area (Å²) in [4.78, 5) is 26.6. The van der Waals surface area contributed by atoms with Crippen LogP contribution in [0.3, 0.4) is 0 Å². The van der Waals surface area contributed by atoms with Crippen molar-refractivity contribution in [2.75, 3.05) is 0 Å². The molecule has 12 heteroatoms. The molecule has 2 N–H and O–H groups in total. The molecular formula is C18H9F4N5O3. The molecule has 4 aromatic rings. The Kier molecular flexibility index (Phi) is 4.53. The largest absolute Gasteiger partial charge is 0.491 e. The Labute approximate surface area is 164 Å². The molecule has 30 heavy (non-hydrogen) atoms. The third-order valence-corrected chi connectivity index (χ3v) is 4.13. The van der Waals surface area contributed by atoms with Gasteiger partial charge in [0.05, 0.1) is 11.9 Å². The van der Waals surface area contributed by atoms with Crippen molar-refractivity contribution in [1.29, 1.82) is 0 Å². The van der Waals surface area contributed by atoms with E-state index in [2.05, 4.69) is 19.9 Å². The summed E-state index contributed by atoms with van der Waals surface area (Å²) in [5.41, 5.74) is -0.666. The number of aromatic carboxylic acids is 1. The molecule has 4 rings (SSSR count). The van der Waals surface area contributed by atoms with E-state index >= 15 is 0 Å². The van der Waals surface area contributed by atoms with Crippen LogP contribution in [0.25, 0.3) is 17.2 Å². The van der Waals surface area contributed by atoms with Gasteiger partial charge >= 0.3 is 5.97 Å². The fourth-order valence-electron chi connectivity index (χ4n) is 2.75. The Hall–Kier alpha value is -4.09. The van der Waals surface area contributed by atoms with Gasteiger partial charge in [-0.2, -0.15) is 9.37 Å². The predicted octanol–water partition coefficient (Wildman–Crippen LogP) is 2.74. The minimum Gasteiger partial charge on any atom is -0.491 e. The van der Waals surface area contributed by atoms with Crippen molar-refractivity contribution in [3.8, 4) is 17.4 Å². The quantitative estimate of drug-likeness (QED) is 0.386. The Balaban J connectivity index is 1.91. The molecular weight excluding hydrogens is 410 g/mol. The van der Waals surface area contributed by atoms with Crippen molar-refractivity contribution in [2.45, 2.75) is 6.42 Å². The molecule has 3 aromatic heterocycles. The molecule has 0 aliphatic heterocycles. The van der Waals surface area contributed by atoms with Gasteiger partial charge in [0, 0.05) is 24.9 Å². The molecule has 0 amide bonds. The van der Waals surface area contributed by atoms with Gasteiger partial charge in [-0.1, -0.05) is 0 Å². The van der Waals surface area contributed by atoms with Crippen LogP contribution in [0.15, 0.2) is 30.7 Å². The lowest BCUT2D eigenvalue weighted by molar-refractivity contribution is 0.0691. The summed E-state index contributed by atoms with van der Waals surface area (Å²) < 4.78 is 55.4. The molecule has 0 spiro atoms. The number of fused-ring (bicyclic) bond motifs is 1. The van der Waals surface area contributed by atoms with Crippen LogP contribution in [0.1, 0.15) is 21.7 Å². The summed E-state index contributed by atoms with van der Waals surface area (Å²) in [6.07, 6.45) is 2.72. The maximum atomic E-state index is 14.1. The zero-order valence-corrected chi connectivity index (χ0v) is 14.6. The molecule has 0 unspecified atom stereocenters. The topological polar surface area (TPSA) is 114 Å². The number of hydrogen-bond acceptors (Lipinski definition) is 6. The van der Waals surface area contributed by atoms with E-state index in [4.69, 9.17) is 0 Å². The van der Waals surface area contributed by atoms with Crippen LogP contribution in [0.2, 0.25) is 0 Å². The summed E-state index contributed by atoms with van der Waals surface area (Å²) in [5, 5.41) is 18.7. The predicted molar refractivity (Wildman–Crippen MR) is 91.7 cm³/mol. The number of carboxylic acids is 1. The molecule has 1 aromatic carbocycles. The van der Waals surface area contributed by atoms with Gasteiger partial charge in [-0.15, -0.1) is 0 Å². The first-order valence-corrected chi connectivity index (χ1v) is 8.20. The summed E-state index contributed by atoms with van der Waals surface area (Å²) in [6, 6.07) is 1.03. The molecule has 0 saturated carbocycles. The number of halogens is 4. The maximum absolute atomic E-state index is 14.1. The number of benzene rings is 1. The summed E-state index contributed by atoms with van der Waals surface area (Å²) in [6.45, 7) is 0. The van der Waals surface area contributed by atoms with Crippen LogP contribution in [0.4, 0.5) is 17.6 Å². The average Bonchev–Trinajstić information content (AvgIpc) is 3.13.